The van der Waals surface area contributed by atoms with Gasteiger partial charge in [-0.25, -0.2) is 0 Å². The molecule has 0 spiro atoms. The lowest BCUT2D eigenvalue weighted by Gasteiger charge is -2.04. The molecule has 0 aromatic heterocycles. The van der Waals surface area contributed by atoms with Crippen LogP contribution in [0.15, 0.2) is 18.2 Å². The van der Waals surface area contributed by atoms with Gasteiger partial charge in [0.1, 0.15) is 12.4 Å². The van der Waals surface area contributed by atoms with Crippen LogP contribution in [0.1, 0.15) is 0 Å². The minimum absolute atomic E-state index is 0.461. The van der Waals surface area contributed by atoms with Crippen molar-refractivity contribution in [3.8, 4) is 5.75 Å². The molecule has 0 saturated carbocycles. The molecule has 12 heavy (non-hydrogen) atoms. The van der Waals surface area contributed by atoms with Gasteiger partial charge in [0.15, 0.2) is 0 Å². The number of nitrogens with two attached hydrogens (primary N) is 1. The SMILES string of the molecule is Nc1cc(OCCCl)ccc1Cl. The van der Waals surface area contributed by atoms with Gasteiger partial charge in [-0.15, -0.1) is 11.6 Å². The van der Waals surface area contributed by atoms with Crippen LogP contribution in [0.5, 0.6) is 5.75 Å². The zero-order valence-electron chi connectivity index (χ0n) is 6.39. The van der Waals surface area contributed by atoms with E-state index >= 15 is 0 Å². The maximum absolute atomic E-state index is 5.71. The molecule has 0 unspecified atom stereocenters. The molecule has 0 aliphatic rings. The third-order valence-electron chi connectivity index (χ3n) is 1.31. The zero-order chi connectivity index (χ0) is 8.97. The Kier molecular flexibility index (Phi) is 3.50. The largest absolute Gasteiger partial charge is 0.492 e. The monoisotopic (exact) mass is 205 g/mol. The summed E-state index contributed by atoms with van der Waals surface area (Å²) in [6.07, 6.45) is 0. The Labute approximate surface area is 81.2 Å². The molecule has 0 saturated heterocycles. The first-order chi connectivity index (χ1) is 5.74. The van der Waals surface area contributed by atoms with Crippen molar-refractivity contribution in [1.82, 2.24) is 0 Å². The molecule has 2 N–H and O–H groups in total. The summed E-state index contributed by atoms with van der Waals surface area (Å²) in [5.41, 5.74) is 6.06. The van der Waals surface area contributed by atoms with E-state index in [0.29, 0.717) is 28.9 Å². The molecule has 1 aromatic rings. The third kappa shape index (κ3) is 2.47. The number of hydrogen-bond acceptors (Lipinski definition) is 2. The number of hydrogen-bond donors (Lipinski definition) is 1. The van der Waals surface area contributed by atoms with Crippen LogP contribution in [-0.2, 0) is 0 Å². The van der Waals surface area contributed by atoms with Crippen molar-refractivity contribution in [2.24, 2.45) is 0 Å². The van der Waals surface area contributed by atoms with Gasteiger partial charge in [0, 0.05) is 6.07 Å². The van der Waals surface area contributed by atoms with Crippen molar-refractivity contribution in [2.75, 3.05) is 18.2 Å². The van der Waals surface area contributed by atoms with Crippen LogP contribution >= 0.6 is 23.2 Å². The van der Waals surface area contributed by atoms with Crippen molar-refractivity contribution >= 4 is 28.9 Å². The highest BCUT2D eigenvalue weighted by Gasteiger charge is 1.97. The molecular formula is C8H9Cl2NO. The zero-order valence-corrected chi connectivity index (χ0v) is 7.90. The van der Waals surface area contributed by atoms with Gasteiger partial charge in [0.25, 0.3) is 0 Å². The third-order valence-corrected chi connectivity index (χ3v) is 1.81. The Morgan fingerprint density at radius 2 is 2.17 bits per heavy atom. The van der Waals surface area contributed by atoms with Crippen molar-refractivity contribution in [3.63, 3.8) is 0 Å². The van der Waals surface area contributed by atoms with Gasteiger partial charge in [-0.05, 0) is 12.1 Å². The lowest BCUT2D eigenvalue weighted by molar-refractivity contribution is 0.343. The van der Waals surface area contributed by atoms with Crippen molar-refractivity contribution in [2.45, 2.75) is 0 Å². The van der Waals surface area contributed by atoms with Gasteiger partial charge in [-0.1, -0.05) is 11.6 Å². The van der Waals surface area contributed by atoms with Crippen LogP contribution in [0.2, 0.25) is 5.02 Å². The molecule has 0 fully saturated rings. The first-order valence-corrected chi connectivity index (χ1v) is 4.39. The summed E-state index contributed by atoms with van der Waals surface area (Å²) >= 11 is 11.1. The van der Waals surface area contributed by atoms with Crippen LogP contribution in [0.3, 0.4) is 0 Å². The van der Waals surface area contributed by atoms with E-state index in [9.17, 15) is 0 Å². The molecule has 1 aromatic carbocycles. The molecule has 0 aliphatic heterocycles. The highest BCUT2D eigenvalue weighted by molar-refractivity contribution is 6.33. The molecule has 4 heteroatoms. The van der Waals surface area contributed by atoms with Gasteiger partial charge >= 0.3 is 0 Å². The summed E-state index contributed by atoms with van der Waals surface area (Å²) in [6, 6.07) is 5.13. The molecule has 0 heterocycles. The molecule has 0 amide bonds. The summed E-state index contributed by atoms with van der Waals surface area (Å²) in [6.45, 7) is 0.475. The first kappa shape index (κ1) is 9.49. The summed E-state index contributed by atoms with van der Waals surface area (Å²) in [5.74, 6) is 1.15. The van der Waals surface area contributed by atoms with Crippen LogP contribution < -0.4 is 10.5 Å². The molecule has 1 rings (SSSR count). The van der Waals surface area contributed by atoms with Gasteiger partial charge in [0.05, 0.1) is 16.6 Å². The van der Waals surface area contributed by atoms with E-state index in [1.54, 1.807) is 18.2 Å². The molecule has 2 nitrogen and oxygen atoms in total. The fourth-order valence-electron chi connectivity index (χ4n) is 0.768. The normalized spacial score (nSPS) is 9.83. The summed E-state index contributed by atoms with van der Waals surface area (Å²) in [4.78, 5) is 0. The van der Waals surface area contributed by atoms with Gasteiger partial charge in [-0.2, -0.15) is 0 Å². The molecular weight excluding hydrogens is 197 g/mol. The first-order valence-electron chi connectivity index (χ1n) is 3.48. The lowest BCUT2D eigenvalue weighted by Crippen LogP contribution is -1.98. The second kappa shape index (κ2) is 4.43. The molecule has 0 bridgehead atoms. The Morgan fingerprint density at radius 3 is 2.75 bits per heavy atom. The Bertz CT molecular complexity index is 265. The maximum atomic E-state index is 5.71. The van der Waals surface area contributed by atoms with E-state index in [2.05, 4.69) is 0 Å². The number of ether oxygens (including phenoxy) is 1. The number of rotatable bonds is 3. The van der Waals surface area contributed by atoms with Crippen molar-refractivity contribution in [1.29, 1.82) is 0 Å². The summed E-state index contributed by atoms with van der Waals surface area (Å²) in [5, 5.41) is 0.535. The smallest absolute Gasteiger partial charge is 0.121 e. The number of benzene rings is 1. The molecule has 0 radical (unpaired) electrons. The average Bonchev–Trinajstić information content (AvgIpc) is 2.07. The fraction of sp³-hybridized carbons (Fsp3) is 0.250. The topological polar surface area (TPSA) is 35.2 Å². The number of nitrogen functional groups attached to an aromatic ring is 1. The molecule has 66 valence electrons. The minimum Gasteiger partial charge on any atom is -0.492 e. The van der Waals surface area contributed by atoms with Crippen LogP contribution in [0.4, 0.5) is 5.69 Å². The van der Waals surface area contributed by atoms with Crippen molar-refractivity contribution < 1.29 is 4.74 Å². The summed E-state index contributed by atoms with van der Waals surface area (Å²) < 4.78 is 5.22. The Morgan fingerprint density at radius 1 is 1.42 bits per heavy atom. The van der Waals surface area contributed by atoms with Gasteiger partial charge in [0.2, 0.25) is 0 Å². The van der Waals surface area contributed by atoms with E-state index in [-0.39, 0.29) is 0 Å². The standard InChI is InChI=1S/C8H9Cl2NO/c9-3-4-12-6-1-2-7(10)8(11)5-6/h1-2,5H,3-4,11H2. The van der Waals surface area contributed by atoms with Gasteiger partial charge in [-0.3, -0.25) is 0 Å². The fourth-order valence-corrected chi connectivity index (χ4v) is 0.963. The average molecular weight is 206 g/mol. The van der Waals surface area contributed by atoms with E-state index in [1.807, 2.05) is 0 Å². The highest BCUT2D eigenvalue weighted by Crippen LogP contribution is 2.23. The Hall–Kier alpha value is -0.600. The quantitative estimate of drug-likeness (QED) is 0.609. The molecule has 0 atom stereocenters. The van der Waals surface area contributed by atoms with E-state index in [4.69, 9.17) is 33.7 Å². The van der Waals surface area contributed by atoms with Crippen LogP contribution in [-0.4, -0.2) is 12.5 Å². The molecule has 0 aliphatic carbocycles. The second-order valence-corrected chi connectivity index (χ2v) is 3.01. The van der Waals surface area contributed by atoms with Crippen LogP contribution in [0, 0.1) is 0 Å². The Balaban J connectivity index is 2.69. The predicted molar refractivity (Wildman–Crippen MR) is 52.1 cm³/mol. The number of alkyl halides is 1. The summed E-state index contributed by atoms with van der Waals surface area (Å²) in [7, 11) is 0. The van der Waals surface area contributed by atoms with Crippen LogP contribution in [0.25, 0.3) is 0 Å². The minimum atomic E-state index is 0.461. The van der Waals surface area contributed by atoms with E-state index in [0.717, 1.165) is 0 Å². The highest BCUT2D eigenvalue weighted by atomic mass is 35.5. The van der Waals surface area contributed by atoms with Crippen molar-refractivity contribution in [3.05, 3.63) is 23.2 Å². The van der Waals surface area contributed by atoms with E-state index in [1.165, 1.54) is 0 Å². The maximum Gasteiger partial charge on any atom is 0.121 e. The van der Waals surface area contributed by atoms with E-state index < -0.39 is 0 Å². The number of halogens is 2. The second-order valence-electron chi connectivity index (χ2n) is 2.22. The number of anilines is 1. The van der Waals surface area contributed by atoms with Gasteiger partial charge < -0.3 is 10.5 Å². The predicted octanol–water partition coefficient (Wildman–Crippen LogP) is 2.54. The lowest BCUT2D eigenvalue weighted by atomic mass is 10.3.